The van der Waals surface area contributed by atoms with E-state index in [-0.39, 0.29) is 12.4 Å². The number of halogens is 1. The maximum Gasteiger partial charge on any atom is 0.0815 e. The lowest BCUT2D eigenvalue weighted by Crippen LogP contribution is -3.00. The Morgan fingerprint density at radius 2 is 0.588 bits per heavy atom. The van der Waals surface area contributed by atoms with Crippen molar-refractivity contribution in [1.82, 2.24) is 0 Å². The molecule has 0 saturated carbocycles. The quantitative estimate of drug-likeness (QED) is 0.119. The molecule has 0 N–H and O–H groups in total. The van der Waals surface area contributed by atoms with E-state index < -0.39 is 0 Å². The van der Waals surface area contributed by atoms with E-state index in [9.17, 15) is 0 Å². The van der Waals surface area contributed by atoms with E-state index in [1.807, 2.05) is 0 Å². The van der Waals surface area contributed by atoms with Crippen LogP contribution in [0.4, 0.5) is 0 Å². The van der Waals surface area contributed by atoms with Crippen LogP contribution in [0, 0.1) is 23.7 Å². The first kappa shape index (κ1) is 36.4. The highest BCUT2D eigenvalue weighted by Gasteiger charge is 2.36. The molecule has 34 heavy (non-hydrogen) atoms. The van der Waals surface area contributed by atoms with Crippen molar-refractivity contribution in [1.29, 1.82) is 0 Å². The SMILES string of the molecule is CCCCC(CC)C[N+](CC(CC)CCCC)(CC(CC)CCCC)CC(CC)CCCC.[Cl-]. The Balaban J connectivity index is 0. The molecule has 0 aliphatic rings. The smallest absolute Gasteiger partial charge is 0.0815 e. The largest absolute Gasteiger partial charge is 1.00 e. The van der Waals surface area contributed by atoms with E-state index in [1.54, 1.807) is 0 Å². The van der Waals surface area contributed by atoms with Crippen LogP contribution in [0.5, 0.6) is 0 Å². The van der Waals surface area contributed by atoms with Gasteiger partial charge in [-0.25, -0.2) is 0 Å². The third kappa shape index (κ3) is 16.1. The van der Waals surface area contributed by atoms with Gasteiger partial charge in [-0.15, -0.1) is 0 Å². The highest BCUT2D eigenvalue weighted by molar-refractivity contribution is 4.69. The average Bonchev–Trinajstić information content (AvgIpc) is 2.84. The van der Waals surface area contributed by atoms with Gasteiger partial charge in [-0.2, -0.15) is 0 Å². The Morgan fingerprint density at radius 3 is 0.735 bits per heavy atom. The molecule has 0 aliphatic heterocycles. The minimum atomic E-state index is 0. The fourth-order valence-electron chi connectivity index (χ4n) is 6.31. The molecule has 4 atom stereocenters. The molecule has 0 fully saturated rings. The minimum Gasteiger partial charge on any atom is -1.00 e. The van der Waals surface area contributed by atoms with E-state index in [0.29, 0.717) is 0 Å². The Morgan fingerprint density at radius 1 is 0.382 bits per heavy atom. The zero-order valence-corrected chi connectivity index (χ0v) is 26.0. The Labute approximate surface area is 224 Å². The molecule has 0 aromatic heterocycles. The summed E-state index contributed by atoms with van der Waals surface area (Å²) in [5.74, 6) is 3.67. The predicted octanol–water partition coefficient (Wildman–Crippen LogP) is 7.67. The lowest BCUT2D eigenvalue weighted by Gasteiger charge is -2.47. The Hall–Kier alpha value is 0.250. The Kier molecular flexibility index (Phi) is 25.3. The third-order valence-electron chi connectivity index (χ3n) is 8.76. The molecule has 0 amide bonds. The van der Waals surface area contributed by atoms with Gasteiger partial charge >= 0.3 is 0 Å². The van der Waals surface area contributed by atoms with Gasteiger partial charge in [-0.1, -0.05) is 107 Å². The molecular formula is C32H68ClN. The number of hydrogen-bond acceptors (Lipinski definition) is 0. The van der Waals surface area contributed by atoms with Crippen molar-refractivity contribution in [2.75, 3.05) is 26.2 Å². The second-order valence-corrected chi connectivity index (χ2v) is 11.7. The van der Waals surface area contributed by atoms with E-state index in [4.69, 9.17) is 0 Å². The summed E-state index contributed by atoms with van der Waals surface area (Å²) in [7, 11) is 0. The van der Waals surface area contributed by atoms with Crippen LogP contribution in [0.15, 0.2) is 0 Å². The minimum absolute atomic E-state index is 0. The first-order chi connectivity index (χ1) is 16.0. The van der Waals surface area contributed by atoms with E-state index >= 15 is 0 Å². The number of quaternary nitrogens is 1. The molecule has 0 heterocycles. The molecule has 4 unspecified atom stereocenters. The lowest BCUT2D eigenvalue weighted by atomic mass is 9.88. The maximum atomic E-state index is 2.48. The van der Waals surface area contributed by atoms with Crippen molar-refractivity contribution in [3.8, 4) is 0 Å². The summed E-state index contributed by atoms with van der Waals surface area (Å²) in [4.78, 5) is 0. The fraction of sp³-hybridized carbons (Fsp3) is 1.00. The molecule has 0 radical (unpaired) electrons. The molecule has 0 aromatic rings. The van der Waals surface area contributed by atoms with Gasteiger partial charge in [0.2, 0.25) is 0 Å². The summed E-state index contributed by atoms with van der Waals surface area (Å²) in [5, 5.41) is 0. The van der Waals surface area contributed by atoms with E-state index in [0.717, 1.165) is 23.7 Å². The molecule has 208 valence electrons. The van der Waals surface area contributed by atoms with E-state index in [2.05, 4.69) is 55.4 Å². The summed E-state index contributed by atoms with van der Waals surface area (Å²) in [5.41, 5.74) is 0. The summed E-state index contributed by atoms with van der Waals surface area (Å²) < 4.78 is 1.45. The fourth-order valence-corrected chi connectivity index (χ4v) is 6.31. The van der Waals surface area contributed by atoms with Crippen LogP contribution in [0.25, 0.3) is 0 Å². The van der Waals surface area contributed by atoms with Crippen LogP contribution in [0.3, 0.4) is 0 Å². The van der Waals surface area contributed by atoms with Crippen molar-refractivity contribution in [2.24, 2.45) is 23.7 Å². The van der Waals surface area contributed by atoms with Crippen molar-refractivity contribution in [3.05, 3.63) is 0 Å². The number of nitrogens with zero attached hydrogens (tertiary/aromatic N) is 1. The highest BCUT2D eigenvalue weighted by atomic mass is 35.5. The molecule has 2 heteroatoms. The molecule has 0 spiro atoms. The zero-order valence-electron chi connectivity index (χ0n) is 25.3. The summed E-state index contributed by atoms with van der Waals surface area (Å²) in [6.07, 6.45) is 22.4. The highest BCUT2D eigenvalue weighted by Crippen LogP contribution is 2.31. The van der Waals surface area contributed by atoms with Crippen LogP contribution in [-0.4, -0.2) is 30.7 Å². The summed E-state index contributed by atoms with van der Waals surface area (Å²) in [6.45, 7) is 25.3. The molecule has 0 aromatic carbocycles. The van der Waals surface area contributed by atoms with Crippen LogP contribution in [0.1, 0.15) is 158 Å². The molecule has 0 rings (SSSR count). The standard InChI is InChI=1S/C32H68N.ClH/c1-9-17-21-29(13-5)25-33(26-30(14-6)22-18-10-2,27-31(15-7)23-19-11-3)28-32(16-8)24-20-12-4;/h29-32H,9-28H2,1-8H3;1H/q+1;/p-1. The van der Waals surface area contributed by atoms with Crippen molar-refractivity contribution in [3.63, 3.8) is 0 Å². The van der Waals surface area contributed by atoms with Gasteiger partial charge in [-0.3, -0.25) is 0 Å². The van der Waals surface area contributed by atoms with Gasteiger partial charge in [0.1, 0.15) is 0 Å². The van der Waals surface area contributed by atoms with Crippen molar-refractivity contribution >= 4 is 0 Å². The molecule has 1 nitrogen and oxygen atoms in total. The second kappa shape index (κ2) is 23.6. The van der Waals surface area contributed by atoms with Crippen LogP contribution in [-0.2, 0) is 0 Å². The second-order valence-electron chi connectivity index (χ2n) is 11.7. The van der Waals surface area contributed by atoms with Gasteiger partial charge in [0, 0.05) is 23.7 Å². The van der Waals surface area contributed by atoms with Gasteiger partial charge in [0.15, 0.2) is 0 Å². The Bertz CT molecular complexity index is 332. The normalized spacial score (nSPS) is 16.9. The van der Waals surface area contributed by atoms with Crippen molar-refractivity contribution in [2.45, 2.75) is 158 Å². The predicted molar refractivity (Wildman–Crippen MR) is 153 cm³/mol. The van der Waals surface area contributed by atoms with Crippen molar-refractivity contribution < 1.29 is 16.9 Å². The van der Waals surface area contributed by atoms with Crippen LogP contribution >= 0.6 is 0 Å². The number of unbranched alkanes of at least 4 members (excludes halogenated alkanes) is 4. The van der Waals surface area contributed by atoms with Gasteiger partial charge < -0.3 is 16.9 Å². The first-order valence-corrected chi connectivity index (χ1v) is 15.8. The lowest BCUT2D eigenvalue weighted by molar-refractivity contribution is -0.940. The number of hydrogen-bond donors (Lipinski definition) is 0. The molecular weight excluding hydrogens is 434 g/mol. The molecule has 0 bridgehead atoms. The monoisotopic (exact) mass is 502 g/mol. The van der Waals surface area contributed by atoms with Gasteiger partial charge in [0.25, 0.3) is 0 Å². The van der Waals surface area contributed by atoms with E-state index in [1.165, 1.54) is 133 Å². The summed E-state index contributed by atoms with van der Waals surface area (Å²) in [6, 6.07) is 0. The third-order valence-corrected chi connectivity index (χ3v) is 8.76. The summed E-state index contributed by atoms with van der Waals surface area (Å²) >= 11 is 0. The molecule has 0 aliphatic carbocycles. The van der Waals surface area contributed by atoms with Crippen LogP contribution in [0.2, 0.25) is 0 Å². The van der Waals surface area contributed by atoms with Gasteiger partial charge in [-0.05, 0) is 51.4 Å². The number of rotatable bonds is 24. The topological polar surface area (TPSA) is 0 Å². The average molecular weight is 502 g/mol. The maximum absolute atomic E-state index is 2.48. The molecule has 0 saturated heterocycles. The first-order valence-electron chi connectivity index (χ1n) is 15.8. The van der Waals surface area contributed by atoms with Crippen LogP contribution < -0.4 is 12.4 Å². The van der Waals surface area contributed by atoms with Gasteiger partial charge in [0.05, 0.1) is 26.2 Å². The zero-order chi connectivity index (χ0) is 25.0.